The van der Waals surface area contributed by atoms with Crippen LogP contribution in [0.4, 0.5) is 0 Å². The predicted octanol–water partition coefficient (Wildman–Crippen LogP) is 1.77. The van der Waals surface area contributed by atoms with Gasteiger partial charge in [0.15, 0.2) is 0 Å². The second-order valence-corrected chi connectivity index (χ2v) is 6.52. The van der Waals surface area contributed by atoms with Crippen molar-refractivity contribution in [3.05, 3.63) is 53.9 Å². The third kappa shape index (κ3) is 3.46. The highest BCUT2D eigenvalue weighted by Gasteiger charge is 2.21. The Morgan fingerprint density at radius 3 is 2.88 bits per heavy atom. The average molecular weight is 337 g/mol. The van der Waals surface area contributed by atoms with Crippen LogP contribution in [0.5, 0.6) is 0 Å². The van der Waals surface area contributed by atoms with Crippen molar-refractivity contribution in [2.45, 2.75) is 39.3 Å². The summed E-state index contributed by atoms with van der Waals surface area (Å²) in [6, 6.07) is 10.0. The molecule has 7 heteroatoms. The van der Waals surface area contributed by atoms with Crippen LogP contribution in [-0.2, 0) is 25.9 Å². The van der Waals surface area contributed by atoms with Crippen LogP contribution in [0.15, 0.2) is 36.5 Å². The first-order valence-electron chi connectivity index (χ1n) is 8.92. The summed E-state index contributed by atoms with van der Waals surface area (Å²) in [5.74, 6) is 2.85. The number of fused-ring (bicyclic) bond motifs is 1. The summed E-state index contributed by atoms with van der Waals surface area (Å²) in [4.78, 5) is 0. The molecule has 1 aromatic carbocycles. The highest BCUT2D eigenvalue weighted by Crippen LogP contribution is 2.19. The maximum Gasteiger partial charge on any atom is 0.133 e. The zero-order chi connectivity index (χ0) is 17.1. The summed E-state index contributed by atoms with van der Waals surface area (Å²) in [5.41, 5.74) is 1.99. The summed E-state index contributed by atoms with van der Waals surface area (Å²) in [6.45, 7) is 4.85. The number of aryl methyl sites for hydroxylation is 2. The van der Waals surface area contributed by atoms with Gasteiger partial charge >= 0.3 is 0 Å². The molecule has 3 aromatic rings. The molecule has 130 valence electrons. The van der Waals surface area contributed by atoms with Crippen molar-refractivity contribution >= 4 is 0 Å². The van der Waals surface area contributed by atoms with Crippen molar-refractivity contribution < 1.29 is 0 Å². The van der Waals surface area contributed by atoms with E-state index in [1.807, 2.05) is 41.2 Å². The Labute approximate surface area is 147 Å². The van der Waals surface area contributed by atoms with Crippen LogP contribution >= 0.6 is 0 Å². The van der Waals surface area contributed by atoms with Crippen molar-refractivity contribution in [2.75, 3.05) is 6.54 Å². The third-order valence-corrected chi connectivity index (χ3v) is 4.74. The molecule has 7 nitrogen and oxygen atoms in total. The molecule has 0 unspecified atom stereocenters. The molecule has 1 aliphatic heterocycles. The monoisotopic (exact) mass is 337 g/mol. The van der Waals surface area contributed by atoms with Gasteiger partial charge in [-0.3, -0.25) is 0 Å². The number of aromatic nitrogens is 6. The summed E-state index contributed by atoms with van der Waals surface area (Å²) >= 11 is 0. The molecule has 0 radical (unpaired) electrons. The van der Waals surface area contributed by atoms with E-state index in [9.17, 15) is 0 Å². The predicted molar refractivity (Wildman–Crippen MR) is 94.3 cm³/mol. The molecule has 0 amide bonds. The van der Waals surface area contributed by atoms with E-state index in [1.54, 1.807) is 0 Å². The van der Waals surface area contributed by atoms with E-state index in [2.05, 4.69) is 37.3 Å². The van der Waals surface area contributed by atoms with Gasteiger partial charge in [-0.1, -0.05) is 30.3 Å². The van der Waals surface area contributed by atoms with Gasteiger partial charge in [0.05, 0.1) is 17.6 Å². The van der Waals surface area contributed by atoms with E-state index >= 15 is 0 Å². The van der Waals surface area contributed by atoms with Crippen LogP contribution in [0.25, 0.3) is 5.69 Å². The Hall–Kier alpha value is -2.54. The van der Waals surface area contributed by atoms with Crippen molar-refractivity contribution in [1.82, 2.24) is 35.1 Å². The van der Waals surface area contributed by atoms with Gasteiger partial charge < -0.3 is 9.88 Å². The highest BCUT2D eigenvalue weighted by molar-refractivity contribution is 5.29. The Morgan fingerprint density at radius 2 is 2.04 bits per heavy atom. The van der Waals surface area contributed by atoms with E-state index in [-0.39, 0.29) is 0 Å². The third-order valence-electron chi connectivity index (χ3n) is 4.74. The Kier molecular flexibility index (Phi) is 4.56. The molecule has 1 N–H and O–H groups in total. The smallest absolute Gasteiger partial charge is 0.133 e. The van der Waals surface area contributed by atoms with E-state index < -0.39 is 0 Å². The van der Waals surface area contributed by atoms with E-state index in [0.717, 1.165) is 61.9 Å². The number of rotatable bonds is 6. The van der Waals surface area contributed by atoms with Gasteiger partial charge in [0.1, 0.15) is 11.6 Å². The first-order valence-corrected chi connectivity index (χ1v) is 8.92. The van der Waals surface area contributed by atoms with Gasteiger partial charge in [-0.2, -0.15) is 0 Å². The average Bonchev–Trinajstić information content (AvgIpc) is 3.29. The molecule has 0 saturated carbocycles. The molecule has 1 atom stereocenters. The van der Waals surface area contributed by atoms with Crippen LogP contribution in [0.3, 0.4) is 0 Å². The molecule has 0 fully saturated rings. The van der Waals surface area contributed by atoms with Crippen LogP contribution in [-0.4, -0.2) is 36.3 Å². The van der Waals surface area contributed by atoms with Gasteiger partial charge in [0.2, 0.25) is 0 Å². The van der Waals surface area contributed by atoms with Gasteiger partial charge in [-0.15, -0.1) is 15.3 Å². The van der Waals surface area contributed by atoms with Gasteiger partial charge in [-0.05, 0) is 24.5 Å². The first-order chi connectivity index (χ1) is 12.3. The molecule has 4 rings (SSSR count). The molecular formula is C18H23N7. The molecule has 0 saturated heterocycles. The second kappa shape index (κ2) is 7.14. The molecule has 2 aromatic heterocycles. The number of nitrogens with one attached hydrogen (secondary N) is 1. The van der Waals surface area contributed by atoms with Crippen molar-refractivity contribution in [1.29, 1.82) is 0 Å². The Balaban J connectivity index is 1.31. The largest absolute Gasteiger partial charge is 0.315 e. The Morgan fingerprint density at radius 1 is 1.16 bits per heavy atom. The molecule has 1 aliphatic rings. The standard InChI is InChI=1S/C18H23N7/c1-2-17-21-22-18-9-8-14(12-24(17)18)10-19-11-15-13-25(23-20-15)16-6-4-3-5-7-16/h3-7,13-14,19H,2,8-12H2,1H3/t14-/m0/s1. The number of benzene rings is 1. The van der Waals surface area contributed by atoms with Crippen LogP contribution < -0.4 is 5.32 Å². The van der Waals surface area contributed by atoms with Crippen LogP contribution in [0.2, 0.25) is 0 Å². The quantitative estimate of drug-likeness (QED) is 0.742. The normalized spacial score (nSPS) is 16.8. The zero-order valence-electron chi connectivity index (χ0n) is 14.5. The minimum atomic E-state index is 0.609. The molecule has 0 aliphatic carbocycles. The lowest BCUT2D eigenvalue weighted by Gasteiger charge is -2.24. The molecule has 25 heavy (non-hydrogen) atoms. The van der Waals surface area contributed by atoms with E-state index in [0.29, 0.717) is 5.92 Å². The lowest BCUT2D eigenvalue weighted by atomic mass is 9.99. The fourth-order valence-corrected chi connectivity index (χ4v) is 3.37. The molecule has 3 heterocycles. The molecule has 0 spiro atoms. The summed E-state index contributed by atoms with van der Waals surface area (Å²) in [7, 11) is 0. The Bertz CT molecular complexity index is 808. The van der Waals surface area contributed by atoms with E-state index in [1.165, 1.54) is 0 Å². The SMILES string of the molecule is CCc1nnc2n1C[C@H](CNCc1cn(-c3ccccc3)nn1)CC2. The fraction of sp³-hybridized carbons (Fsp3) is 0.444. The van der Waals surface area contributed by atoms with E-state index in [4.69, 9.17) is 0 Å². The number of hydrogen-bond donors (Lipinski definition) is 1. The fourth-order valence-electron chi connectivity index (χ4n) is 3.37. The van der Waals surface area contributed by atoms with Crippen LogP contribution in [0, 0.1) is 5.92 Å². The topological polar surface area (TPSA) is 73.5 Å². The lowest BCUT2D eigenvalue weighted by Crippen LogP contribution is -2.30. The first kappa shape index (κ1) is 16.0. The van der Waals surface area contributed by atoms with Gasteiger partial charge in [0, 0.05) is 32.5 Å². The summed E-state index contributed by atoms with van der Waals surface area (Å²) in [5, 5.41) is 20.6. The summed E-state index contributed by atoms with van der Waals surface area (Å²) < 4.78 is 4.11. The highest BCUT2D eigenvalue weighted by atomic mass is 15.4. The molecule has 0 bridgehead atoms. The zero-order valence-corrected chi connectivity index (χ0v) is 14.5. The summed E-state index contributed by atoms with van der Waals surface area (Å²) in [6.07, 6.45) is 5.10. The minimum Gasteiger partial charge on any atom is -0.315 e. The lowest BCUT2D eigenvalue weighted by molar-refractivity contribution is 0.342. The molecular weight excluding hydrogens is 314 g/mol. The maximum absolute atomic E-state index is 4.29. The maximum atomic E-state index is 4.29. The number of nitrogens with zero attached hydrogens (tertiary/aromatic N) is 6. The van der Waals surface area contributed by atoms with Crippen molar-refractivity contribution in [3.63, 3.8) is 0 Å². The number of hydrogen-bond acceptors (Lipinski definition) is 5. The number of para-hydroxylation sites is 1. The van der Waals surface area contributed by atoms with Gasteiger partial charge in [0.25, 0.3) is 0 Å². The van der Waals surface area contributed by atoms with Gasteiger partial charge in [-0.25, -0.2) is 4.68 Å². The second-order valence-electron chi connectivity index (χ2n) is 6.52. The van der Waals surface area contributed by atoms with Crippen LogP contribution in [0.1, 0.15) is 30.7 Å². The van der Waals surface area contributed by atoms with Crippen molar-refractivity contribution in [2.24, 2.45) is 5.92 Å². The van der Waals surface area contributed by atoms with Crippen molar-refractivity contribution in [3.8, 4) is 5.69 Å². The minimum absolute atomic E-state index is 0.609.